The third kappa shape index (κ3) is 11.5. The molecule has 5 nitrogen and oxygen atoms in total. The summed E-state index contributed by atoms with van der Waals surface area (Å²) in [5.41, 5.74) is 3.70. The molecule has 0 saturated carbocycles. The van der Waals surface area contributed by atoms with Crippen molar-refractivity contribution in [3.05, 3.63) is 34.9 Å². The van der Waals surface area contributed by atoms with E-state index in [-0.39, 0.29) is 10.2 Å². The Hall–Kier alpha value is -0.643. The summed E-state index contributed by atoms with van der Waals surface area (Å²) in [6.07, 6.45) is 3.65. The summed E-state index contributed by atoms with van der Waals surface area (Å²) in [7, 11) is -2.70. The number of carbonyl (C=O) groups excluding carboxylic acids is 2. The highest BCUT2D eigenvalue weighted by atomic mass is 32.2. The molecule has 0 N–H and O–H groups in total. The lowest BCUT2D eigenvalue weighted by Crippen LogP contribution is -2.46. The van der Waals surface area contributed by atoms with Gasteiger partial charge < -0.3 is 13.3 Å². The van der Waals surface area contributed by atoms with E-state index in [1.54, 1.807) is 0 Å². The van der Waals surface area contributed by atoms with Gasteiger partial charge in [0.05, 0.1) is 0 Å². The van der Waals surface area contributed by atoms with Crippen LogP contribution in [0.2, 0.25) is 6.04 Å². The van der Waals surface area contributed by atoms with E-state index in [0.717, 1.165) is 36.8 Å². The molecule has 182 valence electrons. The van der Waals surface area contributed by atoms with Gasteiger partial charge in [0, 0.05) is 50.2 Å². The van der Waals surface area contributed by atoms with E-state index in [9.17, 15) is 9.59 Å². The zero-order chi connectivity index (χ0) is 23.8. The van der Waals surface area contributed by atoms with E-state index in [1.165, 1.54) is 40.2 Å². The van der Waals surface area contributed by atoms with Crippen LogP contribution in [0, 0.1) is 0 Å². The number of rotatable bonds is 17. The van der Waals surface area contributed by atoms with Gasteiger partial charge in [0.15, 0.2) is 10.2 Å². The molecule has 0 saturated heterocycles. The van der Waals surface area contributed by atoms with Crippen LogP contribution in [0.3, 0.4) is 0 Å². The first-order valence-corrected chi connectivity index (χ1v) is 15.7. The number of benzene rings is 1. The highest BCUT2D eigenvalue weighted by molar-refractivity contribution is 8.13. The summed E-state index contributed by atoms with van der Waals surface area (Å²) in [6, 6.07) is 7.41. The van der Waals surface area contributed by atoms with Crippen LogP contribution in [0.4, 0.5) is 0 Å². The molecule has 0 fully saturated rings. The second-order valence-corrected chi connectivity index (χ2v) is 12.3. The van der Waals surface area contributed by atoms with E-state index in [2.05, 4.69) is 18.2 Å². The topological polar surface area (TPSA) is 61.8 Å². The van der Waals surface area contributed by atoms with Crippen LogP contribution in [0.5, 0.6) is 0 Å². The monoisotopic (exact) mass is 500 g/mol. The summed E-state index contributed by atoms with van der Waals surface area (Å²) < 4.78 is 18.0. The Morgan fingerprint density at radius 2 is 1.06 bits per heavy atom. The molecule has 0 amide bonds. The van der Waals surface area contributed by atoms with Crippen molar-refractivity contribution < 1.29 is 22.9 Å². The lowest BCUT2D eigenvalue weighted by atomic mass is 10.0. The van der Waals surface area contributed by atoms with Crippen molar-refractivity contribution in [3.63, 3.8) is 0 Å². The lowest BCUT2D eigenvalue weighted by Gasteiger charge is -2.28. The Kier molecular flexibility index (Phi) is 15.5. The molecule has 0 atom stereocenters. The summed E-state index contributed by atoms with van der Waals surface area (Å²) in [6.45, 7) is 11.4. The molecule has 8 heteroatoms. The van der Waals surface area contributed by atoms with E-state index < -0.39 is 8.80 Å². The largest absolute Gasteiger partial charge is 0.501 e. The van der Waals surface area contributed by atoms with Gasteiger partial charge in [-0.15, -0.1) is 0 Å². The molecule has 0 aromatic heterocycles. The number of hydrogen-bond acceptors (Lipinski definition) is 7. The quantitative estimate of drug-likeness (QED) is 0.254. The minimum absolute atomic E-state index is 0.233. The SMILES string of the molecule is CCO[Si](CCc1cc(CCSC(=O)CC)cc(CCSC(=O)CC)c1)(OCC)OCC. The summed E-state index contributed by atoms with van der Waals surface area (Å²) in [5, 5.41) is 0.466. The van der Waals surface area contributed by atoms with Gasteiger partial charge in [0.25, 0.3) is 0 Å². The van der Waals surface area contributed by atoms with Crippen molar-refractivity contribution >= 4 is 42.6 Å². The highest BCUT2D eigenvalue weighted by Crippen LogP contribution is 2.22. The van der Waals surface area contributed by atoms with Crippen LogP contribution >= 0.6 is 23.5 Å². The van der Waals surface area contributed by atoms with Crippen LogP contribution in [-0.2, 0) is 42.1 Å². The molecule has 0 radical (unpaired) electrons. The van der Waals surface area contributed by atoms with E-state index in [1.807, 2.05) is 34.6 Å². The number of aryl methyl sites for hydroxylation is 3. The van der Waals surface area contributed by atoms with E-state index in [0.29, 0.717) is 32.7 Å². The third-order valence-electron chi connectivity index (χ3n) is 4.81. The molecule has 0 heterocycles. The molecule has 0 unspecified atom stereocenters. The fraction of sp³-hybridized carbons (Fsp3) is 0.667. The molecule has 0 spiro atoms. The second kappa shape index (κ2) is 16.9. The van der Waals surface area contributed by atoms with E-state index in [4.69, 9.17) is 13.3 Å². The number of thioether (sulfide) groups is 2. The smallest absolute Gasteiger partial charge is 0.374 e. The van der Waals surface area contributed by atoms with Crippen LogP contribution in [0.25, 0.3) is 0 Å². The summed E-state index contributed by atoms with van der Waals surface area (Å²) in [5.74, 6) is 1.57. The lowest BCUT2D eigenvalue weighted by molar-refractivity contribution is -0.111. The van der Waals surface area contributed by atoms with Crippen LogP contribution in [-0.4, -0.2) is 50.4 Å². The molecule has 1 rings (SSSR count). The van der Waals surface area contributed by atoms with Crippen molar-refractivity contribution in [2.45, 2.75) is 72.8 Å². The summed E-state index contributed by atoms with van der Waals surface area (Å²) >= 11 is 2.81. The first-order valence-electron chi connectivity index (χ1n) is 11.8. The third-order valence-corrected chi connectivity index (χ3v) is 9.90. The van der Waals surface area contributed by atoms with Gasteiger partial charge in [-0.25, -0.2) is 0 Å². The normalized spacial score (nSPS) is 11.7. The van der Waals surface area contributed by atoms with Gasteiger partial charge in [-0.3, -0.25) is 9.59 Å². The predicted molar refractivity (Wildman–Crippen MR) is 139 cm³/mol. The van der Waals surface area contributed by atoms with E-state index >= 15 is 0 Å². The predicted octanol–water partition coefficient (Wildman–Crippen LogP) is 5.70. The van der Waals surface area contributed by atoms with Crippen molar-refractivity contribution in [1.29, 1.82) is 0 Å². The zero-order valence-electron chi connectivity index (χ0n) is 20.4. The van der Waals surface area contributed by atoms with Gasteiger partial charge in [0.2, 0.25) is 0 Å². The minimum Gasteiger partial charge on any atom is -0.374 e. The Bertz CT molecular complexity index is 642. The number of carbonyl (C=O) groups is 2. The minimum atomic E-state index is -2.70. The molecule has 0 aliphatic rings. The molecule has 1 aromatic carbocycles. The number of hydrogen-bond donors (Lipinski definition) is 0. The first kappa shape index (κ1) is 29.4. The molecular formula is C24H40O5S2Si. The Labute approximate surface area is 204 Å². The Balaban J connectivity index is 2.96. The molecule has 32 heavy (non-hydrogen) atoms. The first-order chi connectivity index (χ1) is 15.4. The highest BCUT2D eigenvalue weighted by Gasteiger charge is 2.39. The average Bonchev–Trinajstić information content (AvgIpc) is 2.78. The molecule has 0 bridgehead atoms. The second-order valence-electron chi connectivity index (χ2n) is 7.29. The fourth-order valence-electron chi connectivity index (χ4n) is 3.34. The molecule has 0 aliphatic heterocycles. The van der Waals surface area contributed by atoms with Crippen molar-refractivity contribution in [3.8, 4) is 0 Å². The van der Waals surface area contributed by atoms with Gasteiger partial charge in [-0.2, -0.15) is 0 Å². The Morgan fingerprint density at radius 3 is 1.41 bits per heavy atom. The van der Waals surface area contributed by atoms with Gasteiger partial charge in [-0.05, 0) is 56.7 Å². The fourth-order valence-corrected chi connectivity index (χ4v) is 7.48. The molecule has 1 aromatic rings. The van der Waals surface area contributed by atoms with Crippen molar-refractivity contribution in [2.24, 2.45) is 0 Å². The van der Waals surface area contributed by atoms with Crippen LogP contribution in [0.15, 0.2) is 18.2 Å². The Morgan fingerprint density at radius 1 is 0.688 bits per heavy atom. The van der Waals surface area contributed by atoms with Crippen LogP contribution in [0.1, 0.15) is 64.2 Å². The molecule has 0 aliphatic carbocycles. The maximum Gasteiger partial charge on any atom is 0.501 e. The average molecular weight is 501 g/mol. The standard InChI is InChI=1S/C24H40O5S2Si/c1-6-23(25)30-14-11-20-17-21(12-15-31-24(26)7-2)19-22(18-20)13-16-32(27-8-3,28-9-4)29-10-5/h17-19H,6-16H2,1-5H3. The van der Waals surface area contributed by atoms with Gasteiger partial charge >= 0.3 is 8.80 Å². The molecular weight excluding hydrogens is 460 g/mol. The maximum absolute atomic E-state index is 11.7. The van der Waals surface area contributed by atoms with Gasteiger partial charge in [0.1, 0.15) is 0 Å². The maximum atomic E-state index is 11.7. The van der Waals surface area contributed by atoms with Gasteiger partial charge in [-0.1, -0.05) is 55.6 Å². The zero-order valence-corrected chi connectivity index (χ0v) is 23.0. The van der Waals surface area contributed by atoms with Crippen molar-refractivity contribution in [1.82, 2.24) is 0 Å². The van der Waals surface area contributed by atoms with Crippen LogP contribution < -0.4 is 0 Å². The summed E-state index contributed by atoms with van der Waals surface area (Å²) in [4.78, 5) is 23.3. The van der Waals surface area contributed by atoms with Crippen molar-refractivity contribution in [2.75, 3.05) is 31.3 Å².